The number of aromatic amines is 3. The summed E-state index contributed by atoms with van der Waals surface area (Å²) in [6.07, 6.45) is 6.96. The number of H-pyrrole nitrogens is 3. The van der Waals surface area contributed by atoms with E-state index in [2.05, 4.69) is 44.5 Å². The molecule has 0 aliphatic rings. The maximum atomic E-state index is 3.49. The highest BCUT2D eigenvalue weighted by atomic mass is 14.9. The summed E-state index contributed by atoms with van der Waals surface area (Å²) < 4.78 is 0. The molecule has 3 rings (SSSR count). The Hall–Kier alpha value is -2.20. The van der Waals surface area contributed by atoms with Gasteiger partial charge in [-0.1, -0.05) is 0 Å². The molecule has 21 heavy (non-hydrogen) atoms. The van der Waals surface area contributed by atoms with Crippen LogP contribution in [0, 0.1) is 0 Å². The van der Waals surface area contributed by atoms with Gasteiger partial charge in [0.2, 0.25) is 0 Å². The third kappa shape index (κ3) is 4.13. The largest absolute Gasteiger partial charge is 0.365 e. The van der Waals surface area contributed by atoms with Crippen LogP contribution in [0.1, 0.15) is 22.8 Å². The molecule has 3 aromatic heterocycles. The molecule has 0 aliphatic carbocycles. The summed E-state index contributed by atoms with van der Waals surface area (Å²) in [7, 11) is 0. The third-order valence-corrected chi connectivity index (χ3v) is 3.65. The topological polar surface area (TPSA) is 59.4 Å². The molecule has 0 spiro atoms. The molecule has 3 aromatic rings. The van der Waals surface area contributed by atoms with Gasteiger partial charge in [0.15, 0.2) is 0 Å². The Morgan fingerprint density at radius 3 is 2.10 bits per heavy atom. The van der Waals surface area contributed by atoms with Gasteiger partial charge in [0, 0.05) is 54.7 Å². The summed E-state index contributed by atoms with van der Waals surface area (Å²) in [6, 6.07) is 12.7. The van der Waals surface area contributed by atoms with Crippen molar-refractivity contribution < 1.29 is 0 Å². The van der Waals surface area contributed by atoms with Crippen molar-refractivity contribution in [3.63, 3.8) is 0 Å². The Balaban J connectivity index is 1.36. The van der Waals surface area contributed by atoms with E-state index in [0.29, 0.717) is 0 Å². The maximum absolute atomic E-state index is 3.49. The fourth-order valence-electron chi connectivity index (χ4n) is 2.52. The van der Waals surface area contributed by atoms with E-state index in [0.717, 1.165) is 32.4 Å². The van der Waals surface area contributed by atoms with Crippen LogP contribution >= 0.6 is 0 Å². The van der Waals surface area contributed by atoms with E-state index in [4.69, 9.17) is 0 Å². The molecule has 0 radical (unpaired) electrons. The minimum atomic E-state index is 0.938. The Kier molecular flexibility index (Phi) is 4.59. The summed E-state index contributed by atoms with van der Waals surface area (Å²) in [5.41, 5.74) is 5.09. The van der Waals surface area contributed by atoms with E-state index in [1.165, 1.54) is 22.8 Å². The van der Waals surface area contributed by atoms with Crippen LogP contribution < -0.4 is 5.32 Å². The molecular weight excluding hydrogens is 260 g/mol. The molecular formula is C17H22N4. The van der Waals surface area contributed by atoms with Crippen molar-refractivity contribution in [2.24, 2.45) is 0 Å². The van der Waals surface area contributed by atoms with Gasteiger partial charge < -0.3 is 20.3 Å². The summed E-state index contributed by atoms with van der Waals surface area (Å²) in [5, 5.41) is 3.48. The average molecular weight is 282 g/mol. The Morgan fingerprint density at radius 2 is 1.38 bits per heavy atom. The van der Waals surface area contributed by atoms with Crippen molar-refractivity contribution in [3.8, 4) is 0 Å². The van der Waals surface area contributed by atoms with Gasteiger partial charge >= 0.3 is 0 Å². The molecule has 0 atom stereocenters. The lowest BCUT2D eigenvalue weighted by atomic mass is 10.2. The predicted molar refractivity (Wildman–Crippen MR) is 85.5 cm³/mol. The second-order valence-corrected chi connectivity index (χ2v) is 5.33. The third-order valence-electron chi connectivity index (χ3n) is 3.65. The quantitative estimate of drug-likeness (QED) is 0.472. The van der Waals surface area contributed by atoms with Crippen LogP contribution in [0.4, 0.5) is 0 Å². The lowest BCUT2D eigenvalue weighted by Crippen LogP contribution is -2.20. The Labute approximate surface area is 125 Å². The van der Waals surface area contributed by atoms with Crippen LogP contribution in [0.15, 0.2) is 48.8 Å². The highest BCUT2D eigenvalue weighted by molar-refractivity contribution is 5.19. The van der Waals surface area contributed by atoms with E-state index in [-0.39, 0.29) is 0 Å². The van der Waals surface area contributed by atoms with Crippen molar-refractivity contribution in [2.45, 2.75) is 19.3 Å². The summed E-state index contributed by atoms with van der Waals surface area (Å²) in [6.45, 7) is 2.01. The second kappa shape index (κ2) is 6.99. The lowest BCUT2D eigenvalue weighted by molar-refractivity contribution is 0.671. The number of aromatic nitrogens is 3. The number of rotatable bonds is 8. The van der Waals surface area contributed by atoms with Crippen molar-refractivity contribution in [1.29, 1.82) is 0 Å². The first-order valence-electron chi connectivity index (χ1n) is 7.52. The van der Waals surface area contributed by atoms with Crippen molar-refractivity contribution in [3.05, 3.63) is 71.6 Å². The van der Waals surface area contributed by atoms with E-state index in [9.17, 15) is 0 Å². The van der Waals surface area contributed by atoms with Crippen LogP contribution in [0.5, 0.6) is 0 Å². The van der Waals surface area contributed by atoms with E-state index >= 15 is 0 Å². The number of nitrogens with one attached hydrogen (secondary N) is 4. The smallest absolute Gasteiger partial charge is 0.0278 e. The predicted octanol–water partition coefficient (Wildman–Crippen LogP) is 2.64. The average Bonchev–Trinajstić information content (AvgIpc) is 3.21. The van der Waals surface area contributed by atoms with Gasteiger partial charge in [-0.25, -0.2) is 0 Å². The first-order chi connectivity index (χ1) is 10.4. The Bertz CT molecular complexity index is 620. The molecule has 110 valence electrons. The monoisotopic (exact) mass is 282 g/mol. The molecule has 4 nitrogen and oxygen atoms in total. The summed E-state index contributed by atoms with van der Waals surface area (Å²) >= 11 is 0. The van der Waals surface area contributed by atoms with Gasteiger partial charge in [0.05, 0.1) is 0 Å². The number of hydrogen-bond donors (Lipinski definition) is 4. The zero-order valence-electron chi connectivity index (χ0n) is 12.2. The van der Waals surface area contributed by atoms with Crippen LogP contribution in [0.25, 0.3) is 0 Å². The van der Waals surface area contributed by atoms with Crippen LogP contribution in [0.2, 0.25) is 0 Å². The first-order valence-corrected chi connectivity index (χ1v) is 7.52. The summed E-state index contributed by atoms with van der Waals surface area (Å²) in [5.74, 6) is 0. The highest BCUT2D eigenvalue weighted by Gasteiger charge is 2.01. The fraction of sp³-hybridized carbons (Fsp3) is 0.294. The Morgan fingerprint density at radius 1 is 0.714 bits per heavy atom. The first kappa shape index (κ1) is 13.8. The minimum absolute atomic E-state index is 0.938. The molecule has 3 heterocycles. The number of hydrogen-bond acceptors (Lipinski definition) is 1. The molecule has 4 heteroatoms. The SMILES string of the molecule is c1c[nH]c(CCNCCc2ccc(Cc3ccc[nH]3)[nH]2)c1. The van der Waals surface area contributed by atoms with Gasteiger partial charge in [-0.2, -0.15) is 0 Å². The van der Waals surface area contributed by atoms with Gasteiger partial charge in [0.1, 0.15) is 0 Å². The van der Waals surface area contributed by atoms with Gasteiger partial charge in [-0.3, -0.25) is 0 Å². The standard InChI is InChI=1S/C17H22N4/c1-3-14(19-9-1)7-11-18-12-8-15-5-6-17(21-15)13-16-4-2-10-20-16/h1-6,9-10,18-21H,7-8,11-13H2. The normalized spacial score (nSPS) is 11.0. The van der Waals surface area contributed by atoms with Crippen molar-refractivity contribution in [2.75, 3.05) is 13.1 Å². The van der Waals surface area contributed by atoms with Crippen LogP contribution in [0.3, 0.4) is 0 Å². The molecule has 0 aliphatic heterocycles. The molecule has 0 amide bonds. The van der Waals surface area contributed by atoms with Gasteiger partial charge in [-0.05, 0) is 49.2 Å². The lowest BCUT2D eigenvalue weighted by Gasteiger charge is -2.03. The maximum Gasteiger partial charge on any atom is 0.0278 e. The summed E-state index contributed by atoms with van der Waals surface area (Å²) in [4.78, 5) is 9.94. The molecule has 0 unspecified atom stereocenters. The van der Waals surface area contributed by atoms with Crippen molar-refractivity contribution >= 4 is 0 Å². The highest BCUT2D eigenvalue weighted by Crippen LogP contribution is 2.08. The molecule has 0 bridgehead atoms. The van der Waals surface area contributed by atoms with E-state index < -0.39 is 0 Å². The molecule has 0 aromatic carbocycles. The minimum Gasteiger partial charge on any atom is -0.365 e. The second-order valence-electron chi connectivity index (χ2n) is 5.33. The van der Waals surface area contributed by atoms with Crippen LogP contribution in [-0.4, -0.2) is 28.0 Å². The van der Waals surface area contributed by atoms with E-state index in [1.54, 1.807) is 0 Å². The zero-order chi connectivity index (χ0) is 14.3. The fourth-order valence-corrected chi connectivity index (χ4v) is 2.52. The van der Waals surface area contributed by atoms with Gasteiger partial charge in [0.25, 0.3) is 0 Å². The van der Waals surface area contributed by atoms with E-state index in [1.807, 2.05) is 24.5 Å². The van der Waals surface area contributed by atoms with Crippen molar-refractivity contribution in [1.82, 2.24) is 20.3 Å². The van der Waals surface area contributed by atoms with Gasteiger partial charge in [-0.15, -0.1) is 0 Å². The molecule has 0 fully saturated rings. The molecule has 4 N–H and O–H groups in total. The molecule has 0 saturated heterocycles. The molecule has 0 saturated carbocycles. The van der Waals surface area contributed by atoms with Crippen LogP contribution in [-0.2, 0) is 19.3 Å². The zero-order valence-corrected chi connectivity index (χ0v) is 12.2.